The molecule has 4 rings (SSSR count). The van der Waals surface area contributed by atoms with E-state index in [-0.39, 0.29) is 5.03 Å². The Bertz CT molecular complexity index is 1190. The number of aromatic nitrogens is 4. The normalized spacial score (nSPS) is 12.4. The first-order valence-electron chi connectivity index (χ1n) is 9.30. The van der Waals surface area contributed by atoms with Gasteiger partial charge in [-0.1, -0.05) is 36.4 Å². The van der Waals surface area contributed by atoms with E-state index in [2.05, 4.69) is 25.3 Å². The predicted molar refractivity (Wildman–Crippen MR) is 113 cm³/mol. The minimum Gasteiger partial charge on any atom is -0.292 e. The van der Waals surface area contributed by atoms with E-state index in [1.54, 1.807) is 55.0 Å². The number of pyridine rings is 2. The Kier molecular flexibility index (Phi) is 5.87. The molecule has 8 heteroatoms. The first-order chi connectivity index (χ1) is 14.6. The largest absolute Gasteiger partial charge is 0.292 e. The third-order valence-electron chi connectivity index (χ3n) is 4.47. The highest BCUT2D eigenvalue weighted by Crippen LogP contribution is 2.25. The molecule has 7 nitrogen and oxygen atoms in total. The molecule has 1 atom stereocenters. The Labute approximate surface area is 174 Å². The molecule has 0 aliphatic carbocycles. The van der Waals surface area contributed by atoms with Crippen molar-refractivity contribution in [3.63, 3.8) is 0 Å². The van der Waals surface area contributed by atoms with Gasteiger partial charge < -0.3 is 0 Å². The van der Waals surface area contributed by atoms with E-state index in [9.17, 15) is 8.42 Å². The maximum absolute atomic E-state index is 13.2. The zero-order chi connectivity index (χ0) is 20.8. The molecular formula is C22H19N5O2S. The lowest BCUT2D eigenvalue weighted by Crippen LogP contribution is -2.29. The summed E-state index contributed by atoms with van der Waals surface area (Å²) in [5, 5.41) is 2.11. The Hall–Kier alpha value is -3.49. The summed E-state index contributed by atoms with van der Waals surface area (Å²) < 4.78 is 26.4. The highest BCUT2D eigenvalue weighted by atomic mass is 32.2. The van der Waals surface area contributed by atoms with E-state index < -0.39 is 15.2 Å². The van der Waals surface area contributed by atoms with Crippen LogP contribution in [-0.2, 0) is 16.4 Å². The minimum atomic E-state index is -3.78. The monoisotopic (exact) mass is 417 g/mol. The lowest BCUT2D eigenvalue weighted by molar-refractivity contribution is 0.547. The third kappa shape index (κ3) is 4.40. The highest BCUT2D eigenvalue weighted by Gasteiger charge is 2.30. The van der Waals surface area contributed by atoms with Gasteiger partial charge in [-0.15, -0.1) is 0 Å². The summed E-state index contributed by atoms with van der Waals surface area (Å²) in [5.41, 5.74) is 2.23. The minimum absolute atomic E-state index is 0.00438. The average molecular weight is 417 g/mol. The molecule has 0 bridgehead atoms. The topological polar surface area (TPSA) is 97.7 Å². The van der Waals surface area contributed by atoms with Gasteiger partial charge in [0.15, 0.2) is 16.2 Å². The van der Waals surface area contributed by atoms with Crippen LogP contribution in [0.1, 0.15) is 16.6 Å². The van der Waals surface area contributed by atoms with Gasteiger partial charge in [-0.3, -0.25) is 10.3 Å². The van der Waals surface area contributed by atoms with Crippen molar-refractivity contribution < 1.29 is 8.42 Å². The van der Waals surface area contributed by atoms with E-state index >= 15 is 0 Å². The van der Waals surface area contributed by atoms with Crippen LogP contribution in [0.15, 0.2) is 96.5 Å². The van der Waals surface area contributed by atoms with Crippen LogP contribution >= 0.6 is 0 Å². The summed E-state index contributed by atoms with van der Waals surface area (Å²) in [5.74, 6) is 0.640. The molecule has 0 aliphatic heterocycles. The maximum atomic E-state index is 13.2. The van der Waals surface area contributed by atoms with Gasteiger partial charge in [-0.2, -0.15) is 0 Å². The SMILES string of the molecule is O=S(=O)(c1ccccn1)C(NCc1ccc(-c2ncccn2)cc1)c1ccccn1. The Morgan fingerprint density at radius 2 is 1.40 bits per heavy atom. The van der Waals surface area contributed by atoms with Gasteiger partial charge in [0, 0.05) is 36.9 Å². The second-order valence-corrected chi connectivity index (χ2v) is 8.48. The van der Waals surface area contributed by atoms with Crippen LogP contribution in [-0.4, -0.2) is 28.4 Å². The molecule has 1 N–H and O–H groups in total. The lowest BCUT2D eigenvalue weighted by atomic mass is 10.1. The quantitative estimate of drug-likeness (QED) is 0.493. The second-order valence-electron chi connectivity index (χ2n) is 6.50. The van der Waals surface area contributed by atoms with E-state index in [1.165, 1.54) is 12.3 Å². The van der Waals surface area contributed by atoms with Crippen molar-refractivity contribution in [2.75, 3.05) is 0 Å². The van der Waals surface area contributed by atoms with Crippen molar-refractivity contribution >= 4 is 9.84 Å². The standard InChI is InChI=1S/C22H19N5O2S/c28-30(29,20-7-2-4-13-24-20)22(19-6-1-3-12-23-19)27-16-17-8-10-18(11-9-17)21-25-14-5-15-26-21/h1-15,22,27H,16H2. The molecule has 0 amide bonds. The number of benzene rings is 1. The summed E-state index contributed by atoms with van der Waals surface area (Å²) in [6, 6.07) is 19.4. The van der Waals surface area contributed by atoms with Crippen LogP contribution in [0.2, 0.25) is 0 Å². The molecule has 0 spiro atoms. The molecule has 150 valence electrons. The smallest absolute Gasteiger partial charge is 0.217 e. The van der Waals surface area contributed by atoms with Crippen molar-refractivity contribution in [3.05, 3.63) is 103 Å². The fourth-order valence-electron chi connectivity index (χ4n) is 2.97. The molecule has 3 heterocycles. The third-order valence-corrected chi connectivity index (χ3v) is 6.32. The maximum Gasteiger partial charge on any atom is 0.217 e. The fraction of sp³-hybridized carbons (Fsp3) is 0.0909. The van der Waals surface area contributed by atoms with Crippen LogP contribution in [0.4, 0.5) is 0 Å². The number of nitrogens with zero attached hydrogens (tertiary/aromatic N) is 4. The summed E-state index contributed by atoms with van der Waals surface area (Å²) >= 11 is 0. The van der Waals surface area contributed by atoms with Crippen LogP contribution < -0.4 is 5.32 Å². The van der Waals surface area contributed by atoms with Crippen molar-refractivity contribution in [2.24, 2.45) is 0 Å². The van der Waals surface area contributed by atoms with Gasteiger partial charge in [-0.05, 0) is 35.9 Å². The molecule has 30 heavy (non-hydrogen) atoms. The first kappa shape index (κ1) is 19.8. The van der Waals surface area contributed by atoms with Crippen molar-refractivity contribution in [1.82, 2.24) is 25.3 Å². The van der Waals surface area contributed by atoms with E-state index in [0.717, 1.165) is 11.1 Å². The van der Waals surface area contributed by atoms with Gasteiger partial charge >= 0.3 is 0 Å². The van der Waals surface area contributed by atoms with Crippen molar-refractivity contribution in [2.45, 2.75) is 16.9 Å². The second kappa shape index (κ2) is 8.89. The van der Waals surface area contributed by atoms with Gasteiger partial charge in [0.2, 0.25) is 9.84 Å². The molecule has 1 aromatic carbocycles. The van der Waals surface area contributed by atoms with Gasteiger partial charge in [0.1, 0.15) is 0 Å². The Balaban J connectivity index is 1.57. The number of rotatable bonds is 7. The molecule has 0 fully saturated rings. The van der Waals surface area contributed by atoms with Gasteiger partial charge in [0.05, 0.1) is 5.69 Å². The van der Waals surface area contributed by atoms with Crippen LogP contribution in [0.25, 0.3) is 11.4 Å². The van der Waals surface area contributed by atoms with Crippen LogP contribution in [0.3, 0.4) is 0 Å². The molecule has 4 aromatic rings. The molecule has 0 saturated carbocycles. The zero-order valence-electron chi connectivity index (χ0n) is 16.0. The zero-order valence-corrected chi connectivity index (χ0v) is 16.8. The molecule has 1 unspecified atom stereocenters. The van der Waals surface area contributed by atoms with E-state index in [0.29, 0.717) is 18.1 Å². The molecule has 0 radical (unpaired) electrons. The molecule has 3 aromatic heterocycles. The van der Waals surface area contributed by atoms with Gasteiger partial charge in [0.25, 0.3) is 0 Å². The summed E-state index contributed by atoms with van der Waals surface area (Å²) in [4.78, 5) is 16.8. The van der Waals surface area contributed by atoms with Crippen LogP contribution in [0, 0.1) is 0 Å². The summed E-state index contributed by atoms with van der Waals surface area (Å²) in [7, 11) is -3.78. The predicted octanol–water partition coefficient (Wildman–Crippen LogP) is 3.20. The Morgan fingerprint density at radius 1 is 0.733 bits per heavy atom. The van der Waals surface area contributed by atoms with Crippen molar-refractivity contribution in [3.8, 4) is 11.4 Å². The number of nitrogens with one attached hydrogen (secondary N) is 1. The van der Waals surface area contributed by atoms with Crippen LogP contribution in [0.5, 0.6) is 0 Å². The van der Waals surface area contributed by atoms with Crippen molar-refractivity contribution in [1.29, 1.82) is 0 Å². The number of hydrogen-bond donors (Lipinski definition) is 1. The molecule has 0 saturated heterocycles. The summed E-state index contributed by atoms with van der Waals surface area (Å²) in [6.45, 7) is 0.337. The van der Waals surface area contributed by atoms with E-state index in [4.69, 9.17) is 0 Å². The number of sulfone groups is 1. The highest BCUT2D eigenvalue weighted by molar-refractivity contribution is 7.91. The van der Waals surface area contributed by atoms with Gasteiger partial charge in [-0.25, -0.2) is 23.4 Å². The first-order valence-corrected chi connectivity index (χ1v) is 10.8. The molecular weight excluding hydrogens is 398 g/mol. The number of hydrogen-bond acceptors (Lipinski definition) is 7. The fourth-order valence-corrected chi connectivity index (χ4v) is 4.45. The molecule has 0 aliphatic rings. The van der Waals surface area contributed by atoms with E-state index in [1.807, 2.05) is 24.3 Å². The average Bonchev–Trinajstić information content (AvgIpc) is 2.81. The lowest BCUT2D eigenvalue weighted by Gasteiger charge is -2.18. The summed E-state index contributed by atoms with van der Waals surface area (Å²) in [6.07, 6.45) is 6.43. The Morgan fingerprint density at radius 3 is 2.03 bits per heavy atom.